The minimum atomic E-state index is 0.319. The van der Waals surface area contributed by atoms with Gasteiger partial charge in [0.25, 0.3) is 0 Å². The minimum Gasteiger partial charge on any atom is -0.370 e. The van der Waals surface area contributed by atoms with Crippen molar-refractivity contribution in [3.8, 4) is 0 Å². The number of fused-ring (bicyclic) bond motifs is 1. The molecule has 3 N–H and O–H groups in total. The molecule has 4 heteroatoms. The topological polar surface area (TPSA) is 50.4 Å². The monoisotopic (exact) mass is 249 g/mol. The van der Waals surface area contributed by atoms with Gasteiger partial charge in [-0.1, -0.05) is 30.7 Å². The van der Waals surface area contributed by atoms with Gasteiger partial charge in [0.1, 0.15) is 0 Å². The lowest BCUT2D eigenvalue weighted by Gasteiger charge is -2.18. The Kier molecular flexibility index (Phi) is 2.51. The molecule has 0 aromatic heterocycles. The van der Waals surface area contributed by atoms with Crippen molar-refractivity contribution in [3.63, 3.8) is 0 Å². The summed E-state index contributed by atoms with van der Waals surface area (Å²) in [5.74, 6) is 1.62. The van der Waals surface area contributed by atoms with Gasteiger partial charge in [-0.05, 0) is 36.0 Å². The molecule has 0 bridgehead atoms. The molecule has 1 heterocycles. The molecule has 1 aromatic rings. The molecule has 17 heavy (non-hydrogen) atoms. The van der Waals surface area contributed by atoms with E-state index in [1.54, 1.807) is 0 Å². The molecule has 1 aliphatic carbocycles. The van der Waals surface area contributed by atoms with Gasteiger partial charge in [-0.3, -0.25) is 0 Å². The smallest absolute Gasteiger partial charge is 0.189 e. The highest BCUT2D eigenvalue weighted by Crippen LogP contribution is 2.43. The van der Waals surface area contributed by atoms with E-state index in [2.05, 4.69) is 29.4 Å². The zero-order valence-corrected chi connectivity index (χ0v) is 10.5. The fraction of sp³-hybridized carbons (Fsp3) is 0.462. The lowest BCUT2D eigenvalue weighted by molar-refractivity contribution is 0.476. The van der Waals surface area contributed by atoms with Gasteiger partial charge in [-0.15, -0.1) is 0 Å². The molecule has 1 fully saturated rings. The van der Waals surface area contributed by atoms with Crippen LogP contribution >= 0.6 is 11.6 Å². The van der Waals surface area contributed by atoms with Crippen LogP contribution in [0.4, 0.5) is 0 Å². The van der Waals surface area contributed by atoms with Crippen LogP contribution in [0, 0.1) is 5.92 Å². The summed E-state index contributed by atoms with van der Waals surface area (Å²) in [4.78, 5) is 4.48. The molecule has 3 rings (SSSR count). The second-order valence-corrected chi connectivity index (χ2v) is 5.45. The first-order valence-corrected chi connectivity index (χ1v) is 6.38. The van der Waals surface area contributed by atoms with Crippen molar-refractivity contribution in [1.29, 1.82) is 0 Å². The first-order valence-electron chi connectivity index (χ1n) is 6.00. The van der Waals surface area contributed by atoms with Crippen LogP contribution in [-0.2, 0) is 0 Å². The summed E-state index contributed by atoms with van der Waals surface area (Å²) >= 11 is 6.05. The van der Waals surface area contributed by atoms with Crippen LogP contribution in [0.5, 0.6) is 0 Å². The van der Waals surface area contributed by atoms with Crippen molar-refractivity contribution < 1.29 is 0 Å². The maximum Gasteiger partial charge on any atom is 0.189 e. The molecule has 3 nitrogen and oxygen atoms in total. The number of benzene rings is 1. The third-order valence-electron chi connectivity index (χ3n) is 3.99. The summed E-state index contributed by atoms with van der Waals surface area (Å²) < 4.78 is 0. The molecule has 1 saturated carbocycles. The van der Waals surface area contributed by atoms with Crippen molar-refractivity contribution in [1.82, 2.24) is 5.32 Å². The van der Waals surface area contributed by atoms with E-state index in [4.69, 9.17) is 17.3 Å². The predicted molar refractivity (Wildman–Crippen MR) is 70.3 cm³/mol. The summed E-state index contributed by atoms with van der Waals surface area (Å²) in [5.41, 5.74) is 7.03. The van der Waals surface area contributed by atoms with Gasteiger partial charge < -0.3 is 11.1 Å². The largest absolute Gasteiger partial charge is 0.370 e. The van der Waals surface area contributed by atoms with E-state index in [-0.39, 0.29) is 0 Å². The zero-order chi connectivity index (χ0) is 12.0. The Labute approximate surface area is 106 Å². The van der Waals surface area contributed by atoms with Gasteiger partial charge in [-0.25, -0.2) is 4.99 Å². The van der Waals surface area contributed by atoms with Gasteiger partial charge in [0.15, 0.2) is 5.96 Å². The Balaban J connectivity index is 1.88. The van der Waals surface area contributed by atoms with Crippen molar-refractivity contribution in [2.75, 3.05) is 0 Å². The number of halogens is 1. The van der Waals surface area contributed by atoms with Crippen LogP contribution in [0.3, 0.4) is 0 Å². The lowest BCUT2D eigenvalue weighted by atomic mass is 9.89. The van der Waals surface area contributed by atoms with Crippen LogP contribution < -0.4 is 11.1 Å². The first kappa shape index (κ1) is 10.9. The third-order valence-corrected chi connectivity index (χ3v) is 4.23. The fourth-order valence-corrected chi connectivity index (χ4v) is 3.35. The van der Waals surface area contributed by atoms with Crippen molar-refractivity contribution in [2.45, 2.75) is 31.3 Å². The third kappa shape index (κ3) is 1.78. The highest BCUT2D eigenvalue weighted by atomic mass is 35.5. The lowest BCUT2D eigenvalue weighted by Crippen LogP contribution is -2.35. The maximum atomic E-state index is 6.05. The van der Waals surface area contributed by atoms with Gasteiger partial charge in [0, 0.05) is 5.02 Å². The van der Waals surface area contributed by atoms with Crippen LogP contribution in [0.1, 0.15) is 24.8 Å². The number of hydrogen-bond acceptors (Lipinski definition) is 3. The second-order valence-electron chi connectivity index (χ2n) is 5.01. The normalized spacial score (nSPS) is 35.3. The molecule has 0 amide bonds. The Hall–Kier alpha value is -1.22. The summed E-state index contributed by atoms with van der Waals surface area (Å²) in [6.07, 6.45) is 1.08. The van der Waals surface area contributed by atoms with Crippen LogP contribution in [0.25, 0.3) is 0 Å². The van der Waals surface area contributed by atoms with Crippen molar-refractivity contribution in [2.24, 2.45) is 16.6 Å². The second kappa shape index (κ2) is 3.91. The van der Waals surface area contributed by atoms with E-state index in [9.17, 15) is 0 Å². The van der Waals surface area contributed by atoms with E-state index in [1.807, 2.05) is 12.1 Å². The molecular weight excluding hydrogens is 234 g/mol. The Morgan fingerprint density at radius 2 is 2.29 bits per heavy atom. The zero-order valence-electron chi connectivity index (χ0n) is 9.73. The number of hydrogen-bond donors (Lipinski definition) is 2. The summed E-state index contributed by atoms with van der Waals surface area (Å²) in [6, 6.07) is 8.87. The summed E-state index contributed by atoms with van der Waals surface area (Å²) in [7, 11) is 0. The first-order chi connectivity index (χ1) is 8.15. The molecule has 0 spiro atoms. The number of guanidine groups is 1. The SMILES string of the molecule is C[C@@H]1C2N=C(N)NC2C[C@@H]1c1cccc(Cl)c1. The number of nitrogens with one attached hydrogen (secondary N) is 1. The highest BCUT2D eigenvalue weighted by Gasteiger charge is 2.44. The van der Waals surface area contributed by atoms with Crippen molar-refractivity contribution >= 4 is 17.6 Å². The summed E-state index contributed by atoms with van der Waals surface area (Å²) in [5, 5.41) is 4.06. The van der Waals surface area contributed by atoms with Gasteiger partial charge in [0.2, 0.25) is 0 Å². The van der Waals surface area contributed by atoms with Crippen LogP contribution in [0.15, 0.2) is 29.3 Å². The summed E-state index contributed by atoms with van der Waals surface area (Å²) in [6.45, 7) is 2.25. The highest BCUT2D eigenvalue weighted by molar-refractivity contribution is 6.30. The Bertz CT molecular complexity index is 471. The molecule has 1 aliphatic heterocycles. The molecule has 2 aliphatic rings. The van der Waals surface area contributed by atoms with Gasteiger partial charge in [-0.2, -0.15) is 0 Å². The average molecular weight is 250 g/mol. The van der Waals surface area contributed by atoms with Gasteiger partial charge in [0.05, 0.1) is 12.1 Å². The van der Waals surface area contributed by atoms with E-state index >= 15 is 0 Å². The molecular formula is C13H16ClN3. The fourth-order valence-electron chi connectivity index (χ4n) is 3.15. The van der Waals surface area contributed by atoms with E-state index in [1.165, 1.54) is 5.56 Å². The molecule has 0 saturated heterocycles. The number of rotatable bonds is 1. The molecule has 1 aromatic carbocycles. The molecule has 2 unspecified atom stereocenters. The standard InChI is InChI=1S/C13H16ClN3/c1-7-10(8-3-2-4-9(14)5-8)6-11-12(7)17-13(15)16-11/h2-5,7,10-12H,6H2,1H3,(H3,15,16,17)/t7-,10-,11?,12?/m0/s1. The van der Waals surface area contributed by atoms with Crippen LogP contribution in [-0.4, -0.2) is 18.0 Å². The predicted octanol–water partition coefficient (Wildman–Crippen LogP) is 2.12. The van der Waals surface area contributed by atoms with Crippen molar-refractivity contribution in [3.05, 3.63) is 34.9 Å². The molecule has 4 atom stereocenters. The molecule has 0 radical (unpaired) electrons. The van der Waals surface area contributed by atoms with E-state index in [0.29, 0.717) is 29.9 Å². The Morgan fingerprint density at radius 1 is 1.47 bits per heavy atom. The quantitative estimate of drug-likeness (QED) is 0.801. The minimum absolute atomic E-state index is 0.319. The number of nitrogens with zero attached hydrogens (tertiary/aromatic N) is 1. The Morgan fingerprint density at radius 3 is 3.00 bits per heavy atom. The van der Waals surface area contributed by atoms with Crippen LogP contribution in [0.2, 0.25) is 5.02 Å². The number of aliphatic imine (C=N–C) groups is 1. The average Bonchev–Trinajstić information content (AvgIpc) is 2.78. The van der Waals surface area contributed by atoms with Gasteiger partial charge >= 0.3 is 0 Å². The molecule has 90 valence electrons. The van der Waals surface area contributed by atoms with E-state index in [0.717, 1.165) is 11.4 Å². The maximum absolute atomic E-state index is 6.05. The number of nitrogens with two attached hydrogens (primary N) is 1. The van der Waals surface area contributed by atoms with E-state index < -0.39 is 0 Å².